The number of thioether (sulfide) groups is 2. The number of aliphatic carboxylic acids is 1. The van der Waals surface area contributed by atoms with E-state index < -0.39 is 11.6 Å². The Bertz CT molecular complexity index is 768. The summed E-state index contributed by atoms with van der Waals surface area (Å²) in [6.45, 7) is 0. The Hall–Kier alpha value is -0.910. The Labute approximate surface area is 175 Å². The molecule has 1 aromatic carbocycles. The summed E-state index contributed by atoms with van der Waals surface area (Å²) in [5.41, 5.74) is 0.0739. The van der Waals surface area contributed by atoms with Gasteiger partial charge in [0.25, 0.3) is 0 Å². The highest BCUT2D eigenvalue weighted by Crippen LogP contribution is 2.67. The largest absolute Gasteiger partial charge is 0.479 e. The van der Waals surface area contributed by atoms with Gasteiger partial charge in [-0.1, -0.05) is 18.2 Å². The smallest absolute Gasteiger partial charge is 0.341 e. The van der Waals surface area contributed by atoms with Crippen LogP contribution in [0, 0.1) is 23.2 Å². The summed E-state index contributed by atoms with van der Waals surface area (Å²) in [6, 6.07) is 10.4. The lowest BCUT2D eigenvalue weighted by molar-refractivity contribution is -0.158. The van der Waals surface area contributed by atoms with E-state index in [0.29, 0.717) is 5.75 Å². The van der Waals surface area contributed by atoms with Crippen LogP contribution in [0.5, 0.6) is 0 Å². The summed E-state index contributed by atoms with van der Waals surface area (Å²) >= 11 is 3.55. The first-order chi connectivity index (χ1) is 13.5. The number of carboxylic acids is 1. The monoisotopic (exact) mass is 416 g/mol. The summed E-state index contributed by atoms with van der Waals surface area (Å²) in [5, 5.41) is 10.3. The fraction of sp³-hybridized carbons (Fsp3) is 0.609. The number of carbonyl (C=O) groups is 1. The standard InChI is InChI=1S/C23H28O3S2/c1-26-23(21(24)25)14-28-19(13-27-18-5-3-2-4-6-18)20(23)22-10-15-7-16(11-22)9-17(8-15)12-22/h2-6,15-17H,7-14H2,1H3,(H,24,25). The van der Waals surface area contributed by atoms with Crippen molar-refractivity contribution in [2.75, 3.05) is 18.6 Å². The van der Waals surface area contributed by atoms with Gasteiger partial charge in [-0.3, -0.25) is 0 Å². The van der Waals surface area contributed by atoms with Gasteiger partial charge in [-0.15, -0.1) is 23.5 Å². The van der Waals surface area contributed by atoms with Gasteiger partial charge >= 0.3 is 5.97 Å². The van der Waals surface area contributed by atoms with Crippen LogP contribution >= 0.6 is 23.5 Å². The van der Waals surface area contributed by atoms with E-state index in [0.717, 1.165) is 29.1 Å². The first-order valence-electron chi connectivity index (χ1n) is 10.4. The van der Waals surface area contributed by atoms with Crippen molar-refractivity contribution in [2.45, 2.75) is 49.0 Å². The van der Waals surface area contributed by atoms with Crippen molar-refractivity contribution in [2.24, 2.45) is 23.2 Å². The van der Waals surface area contributed by atoms with Crippen molar-refractivity contribution in [3.05, 3.63) is 40.8 Å². The van der Waals surface area contributed by atoms with Crippen molar-refractivity contribution < 1.29 is 14.6 Å². The molecule has 1 aliphatic heterocycles. The third-order valence-electron chi connectivity index (χ3n) is 7.51. The molecule has 6 rings (SSSR count). The van der Waals surface area contributed by atoms with Gasteiger partial charge in [-0.25, -0.2) is 4.79 Å². The predicted molar refractivity (Wildman–Crippen MR) is 115 cm³/mol. The SMILES string of the molecule is COC1(C(=O)O)CSC(CSc2ccccc2)=C1C12CC3CC(CC(C3)C1)C2. The van der Waals surface area contributed by atoms with Crippen LogP contribution in [0.15, 0.2) is 45.7 Å². The molecule has 1 heterocycles. The van der Waals surface area contributed by atoms with Gasteiger partial charge in [-0.05, 0) is 84.3 Å². The predicted octanol–water partition coefficient (Wildman–Crippen LogP) is 5.47. The van der Waals surface area contributed by atoms with E-state index >= 15 is 0 Å². The number of carboxylic acid groups (broad SMARTS) is 1. The summed E-state index contributed by atoms with van der Waals surface area (Å²) in [6.07, 6.45) is 7.61. The van der Waals surface area contributed by atoms with Crippen LogP contribution in [0.3, 0.4) is 0 Å². The Morgan fingerprint density at radius 1 is 1.14 bits per heavy atom. The second-order valence-corrected chi connectivity index (χ2v) is 11.3. The van der Waals surface area contributed by atoms with Crippen LogP contribution in [0.25, 0.3) is 0 Å². The van der Waals surface area contributed by atoms with E-state index in [4.69, 9.17) is 4.74 Å². The molecule has 4 fully saturated rings. The molecule has 3 nitrogen and oxygen atoms in total. The van der Waals surface area contributed by atoms with Gasteiger partial charge in [-0.2, -0.15) is 0 Å². The molecule has 4 aliphatic carbocycles. The Morgan fingerprint density at radius 3 is 2.29 bits per heavy atom. The molecule has 1 unspecified atom stereocenters. The molecule has 0 saturated heterocycles. The highest BCUT2D eigenvalue weighted by molar-refractivity contribution is 8.06. The molecule has 5 aliphatic rings. The highest BCUT2D eigenvalue weighted by Gasteiger charge is 2.61. The van der Waals surface area contributed by atoms with E-state index in [1.807, 2.05) is 17.8 Å². The van der Waals surface area contributed by atoms with Gasteiger partial charge in [0, 0.05) is 23.5 Å². The molecular formula is C23H28O3S2. The lowest BCUT2D eigenvalue weighted by Gasteiger charge is -2.59. The zero-order valence-electron chi connectivity index (χ0n) is 16.4. The Morgan fingerprint density at radius 2 is 1.75 bits per heavy atom. The van der Waals surface area contributed by atoms with Crippen LogP contribution in [-0.2, 0) is 9.53 Å². The molecule has 28 heavy (non-hydrogen) atoms. The minimum atomic E-state index is -1.14. The zero-order valence-corrected chi connectivity index (χ0v) is 18.0. The second-order valence-electron chi connectivity index (χ2n) is 9.22. The molecule has 150 valence electrons. The molecule has 1 atom stereocenters. The minimum absolute atomic E-state index is 0.0548. The maximum atomic E-state index is 12.5. The normalized spacial score (nSPS) is 39.0. The van der Waals surface area contributed by atoms with Gasteiger partial charge in [0.2, 0.25) is 0 Å². The van der Waals surface area contributed by atoms with Crippen molar-refractivity contribution in [3.8, 4) is 0 Å². The lowest BCUT2D eigenvalue weighted by Crippen LogP contribution is -2.54. The summed E-state index contributed by atoms with van der Waals surface area (Å²) in [4.78, 5) is 15.0. The van der Waals surface area contributed by atoms with Gasteiger partial charge in [0.15, 0.2) is 5.60 Å². The van der Waals surface area contributed by atoms with E-state index in [1.165, 1.54) is 48.3 Å². The van der Waals surface area contributed by atoms with Crippen molar-refractivity contribution in [3.63, 3.8) is 0 Å². The van der Waals surface area contributed by atoms with Crippen molar-refractivity contribution >= 4 is 29.5 Å². The molecule has 0 radical (unpaired) electrons. The third kappa shape index (κ3) is 2.96. The third-order valence-corrected chi connectivity index (χ3v) is 9.98. The number of rotatable bonds is 6. The van der Waals surface area contributed by atoms with Crippen LogP contribution in [0.4, 0.5) is 0 Å². The van der Waals surface area contributed by atoms with Crippen molar-refractivity contribution in [1.29, 1.82) is 0 Å². The highest BCUT2D eigenvalue weighted by atomic mass is 32.2. The fourth-order valence-corrected chi connectivity index (χ4v) is 9.49. The topological polar surface area (TPSA) is 46.5 Å². The minimum Gasteiger partial charge on any atom is -0.479 e. The molecule has 1 aromatic rings. The molecule has 4 bridgehead atoms. The van der Waals surface area contributed by atoms with E-state index in [-0.39, 0.29) is 5.41 Å². The maximum Gasteiger partial charge on any atom is 0.341 e. The van der Waals surface area contributed by atoms with E-state index in [9.17, 15) is 9.90 Å². The number of hydrogen-bond donors (Lipinski definition) is 1. The number of hydrogen-bond acceptors (Lipinski definition) is 4. The molecule has 0 aromatic heterocycles. The number of benzene rings is 1. The van der Waals surface area contributed by atoms with E-state index in [1.54, 1.807) is 18.9 Å². The molecule has 1 N–H and O–H groups in total. The Kier molecular flexibility index (Phi) is 4.84. The first kappa shape index (κ1) is 19.1. The van der Waals surface area contributed by atoms with Gasteiger partial charge in [0.1, 0.15) is 0 Å². The number of ether oxygens (including phenoxy) is 1. The number of methoxy groups -OCH3 is 1. The fourth-order valence-electron chi connectivity index (χ4n) is 6.90. The maximum absolute atomic E-state index is 12.5. The summed E-state index contributed by atoms with van der Waals surface area (Å²) < 4.78 is 5.86. The lowest BCUT2D eigenvalue weighted by atomic mass is 9.46. The average molecular weight is 417 g/mol. The molecule has 0 spiro atoms. The van der Waals surface area contributed by atoms with Crippen LogP contribution in [0.1, 0.15) is 38.5 Å². The summed E-state index contributed by atoms with van der Waals surface area (Å²) in [5.74, 6) is 2.93. The van der Waals surface area contributed by atoms with Crippen LogP contribution in [-0.4, -0.2) is 35.3 Å². The molecule has 5 heteroatoms. The second kappa shape index (κ2) is 7.10. The summed E-state index contributed by atoms with van der Waals surface area (Å²) in [7, 11) is 1.60. The molecule has 0 amide bonds. The molecule has 4 saturated carbocycles. The van der Waals surface area contributed by atoms with Crippen LogP contribution in [0.2, 0.25) is 0 Å². The van der Waals surface area contributed by atoms with Crippen molar-refractivity contribution in [1.82, 2.24) is 0 Å². The molecular weight excluding hydrogens is 388 g/mol. The van der Waals surface area contributed by atoms with Crippen LogP contribution < -0.4 is 0 Å². The van der Waals surface area contributed by atoms with Gasteiger partial charge < -0.3 is 9.84 Å². The Balaban J connectivity index is 1.54. The zero-order chi connectivity index (χ0) is 19.4. The first-order valence-corrected chi connectivity index (χ1v) is 12.3. The average Bonchev–Trinajstić information content (AvgIpc) is 3.07. The quantitative estimate of drug-likeness (QED) is 0.624. The van der Waals surface area contributed by atoms with E-state index in [2.05, 4.69) is 24.3 Å². The van der Waals surface area contributed by atoms with Gasteiger partial charge in [0.05, 0.1) is 0 Å².